The average Bonchev–Trinajstić information content (AvgIpc) is 2.15. The maximum Gasteiger partial charge on any atom is 0.236 e. The monoisotopic (exact) mass is 216 g/mol. The molecular weight excluding hydrogens is 192 g/mol. The lowest BCUT2D eigenvalue weighted by molar-refractivity contribution is -0.130. The molecule has 0 fully saturated rings. The topological polar surface area (TPSA) is 52.6 Å². The molecule has 0 aliphatic rings. The molecule has 1 amide bonds. The third-order valence-corrected chi connectivity index (χ3v) is 2.09. The van der Waals surface area contributed by atoms with E-state index in [0.717, 1.165) is 0 Å². The molecule has 0 saturated carbocycles. The van der Waals surface area contributed by atoms with E-state index in [-0.39, 0.29) is 18.1 Å². The predicted octanol–water partition coefficient (Wildman–Crippen LogP) is 0.605. The van der Waals surface area contributed by atoms with Gasteiger partial charge < -0.3 is 15.3 Å². The van der Waals surface area contributed by atoms with E-state index in [4.69, 9.17) is 5.11 Å². The first kappa shape index (κ1) is 14.4. The molecule has 90 valence electrons. The van der Waals surface area contributed by atoms with Crippen molar-refractivity contribution in [2.45, 2.75) is 39.7 Å². The van der Waals surface area contributed by atoms with Gasteiger partial charge in [-0.3, -0.25) is 4.79 Å². The van der Waals surface area contributed by atoms with E-state index in [2.05, 4.69) is 5.32 Å². The van der Waals surface area contributed by atoms with E-state index in [1.165, 1.54) is 0 Å². The lowest BCUT2D eigenvalue weighted by Gasteiger charge is -2.25. The molecule has 0 aromatic rings. The fourth-order valence-corrected chi connectivity index (χ4v) is 1.17. The molecule has 0 aromatic carbocycles. The molecule has 0 unspecified atom stereocenters. The number of aliphatic hydroxyl groups is 1. The zero-order valence-electron chi connectivity index (χ0n) is 10.3. The minimum atomic E-state index is -0.0357. The van der Waals surface area contributed by atoms with Crippen LogP contribution in [0, 0.1) is 0 Å². The molecule has 0 atom stereocenters. The fraction of sp³-hybridized carbons (Fsp3) is 0.909. The van der Waals surface area contributed by atoms with Gasteiger partial charge in [-0.25, -0.2) is 0 Å². The molecule has 0 aliphatic heterocycles. The quantitative estimate of drug-likeness (QED) is 0.684. The Kier molecular flexibility index (Phi) is 6.52. The summed E-state index contributed by atoms with van der Waals surface area (Å²) in [6.45, 7) is 9.88. The number of aliphatic hydroxyl groups excluding tert-OH is 1. The number of nitrogens with zero attached hydrogens (tertiary/aromatic N) is 1. The van der Waals surface area contributed by atoms with Crippen LogP contribution in [0.2, 0.25) is 0 Å². The van der Waals surface area contributed by atoms with Crippen molar-refractivity contribution < 1.29 is 9.90 Å². The largest absolute Gasteiger partial charge is 0.396 e. The predicted molar refractivity (Wildman–Crippen MR) is 61.7 cm³/mol. The van der Waals surface area contributed by atoms with Crippen LogP contribution in [0.15, 0.2) is 0 Å². The molecule has 0 spiro atoms. The Bertz CT molecular complexity index is 188. The second-order valence-corrected chi connectivity index (χ2v) is 4.65. The summed E-state index contributed by atoms with van der Waals surface area (Å²) in [5, 5.41) is 11.9. The normalized spacial score (nSPS) is 11.5. The Hall–Kier alpha value is -0.610. The Morgan fingerprint density at radius 1 is 1.40 bits per heavy atom. The van der Waals surface area contributed by atoms with Gasteiger partial charge in [0.2, 0.25) is 5.91 Å². The van der Waals surface area contributed by atoms with Gasteiger partial charge in [0.25, 0.3) is 0 Å². The van der Waals surface area contributed by atoms with Gasteiger partial charge in [-0.15, -0.1) is 0 Å². The van der Waals surface area contributed by atoms with E-state index >= 15 is 0 Å². The van der Waals surface area contributed by atoms with Crippen LogP contribution in [-0.4, -0.2) is 47.7 Å². The summed E-state index contributed by atoms with van der Waals surface area (Å²) in [4.78, 5) is 13.5. The lowest BCUT2D eigenvalue weighted by atomic mass is 10.1. The van der Waals surface area contributed by atoms with Gasteiger partial charge in [0.05, 0.1) is 6.54 Å². The third-order valence-electron chi connectivity index (χ3n) is 2.09. The highest BCUT2D eigenvalue weighted by molar-refractivity contribution is 5.78. The Morgan fingerprint density at radius 2 is 2.00 bits per heavy atom. The van der Waals surface area contributed by atoms with Crippen LogP contribution in [0.4, 0.5) is 0 Å². The summed E-state index contributed by atoms with van der Waals surface area (Å²) in [7, 11) is 0. The summed E-state index contributed by atoms with van der Waals surface area (Å²) >= 11 is 0. The Morgan fingerprint density at radius 3 is 2.40 bits per heavy atom. The minimum Gasteiger partial charge on any atom is -0.396 e. The molecule has 0 bridgehead atoms. The molecule has 0 aliphatic carbocycles. The van der Waals surface area contributed by atoms with E-state index in [1.807, 2.05) is 27.7 Å². The van der Waals surface area contributed by atoms with Gasteiger partial charge in [0, 0.05) is 25.2 Å². The van der Waals surface area contributed by atoms with Crippen LogP contribution in [0.5, 0.6) is 0 Å². The summed E-state index contributed by atoms with van der Waals surface area (Å²) < 4.78 is 0. The molecular formula is C11H24N2O2. The first-order chi connectivity index (χ1) is 6.90. The SMILES string of the molecule is CCN(CCCO)C(=O)CNC(C)(C)C. The van der Waals surface area contributed by atoms with Crippen LogP contribution in [0.25, 0.3) is 0 Å². The fourth-order valence-electron chi connectivity index (χ4n) is 1.17. The van der Waals surface area contributed by atoms with Crippen LogP contribution in [0.3, 0.4) is 0 Å². The first-order valence-corrected chi connectivity index (χ1v) is 5.54. The maximum absolute atomic E-state index is 11.7. The highest BCUT2D eigenvalue weighted by atomic mass is 16.3. The lowest BCUT2D eigenvalue weighted by Crippen LogP contribution is -2.45. The van der Waals surface area contributed by atoms with E-state index in [9.17, 15) is 4.79 Å². The summed E-state index contributed by atoms with van der Waals surface area (Å²) in [5.41, 5.74) is -0.0357. The number of carbonyl (C=O) groups is 1. The summed E-state index contributed by atoms with van der Waals surface area (Å²) in [6, 6.07) is 0. The highest BCUT2D eigenvalue weighted by Crippen LogP contribution is 1.99. The number of hydrogen-bond donors (Lipinski definition) is 2. The van der Waals surface area contributed by atoms with Crippen molar-refractivity contribution in [3.8, 4) is 0 Å². The smallest absolute Gasteiger partial charge is 0.236 e. The Balaban J connectivity index is 3.94. The average molecular weight is 216 g/mol. The zero-order valence-corrected chi connectivity index (χ0v) is 10.3. The van der Waals surface area contributed by atoms with E-state index < -0.39 is 0 Å². The van der Waals surface area contributed by atoms with Crippen molar-refractivity contribution in [3.63, 3.8) is 0 Å². The van der Waals surface area contributed by atoms with Gasteiger partial charge in [-0.1, -0.05) is 0 Å². The number of hydrogen-bond acceptors (Lipinski definition) is 3. The number of likely N-dealkylation sites (N-methyl/N-ethyl adjacent to an activating group) is 1. The number of rotatable bonds is 6. The van der Waals surface area contributed by atoms with Crippen LogP contribution < -0.4 is 5.32 Å². The van der Waals surface area contributed by atoms with E-state index in [0.29, 0.717) is 26.1 Å². The Labute approximate surface area is 92.7 Å². The molecule has 2 N–H and O–H groups in total. The van der Waals surface area contributed by atoms with Crippen LogP contribution >= 0.6 is 0 Å². The summed E-state index contributed by atoms with van der Waals surface area (Å²) in [5.74, 6) is 0.0980. The molecule has 0 saturated heterocycles. The van der Waals surface area contributed by atoms with Crippen molar-refractivity contribution in [3.05, 3.63) is 0 Å². The van der Waals surface area contributed by atoms with Gasteiger partial charge in [-0.05, 0) is 34.1 Å². The zero-order chi connectivity index (χ0) is 11.9. The number of amides is 1. The molecule has 0 rings (SSSR count). The van der Waals surface area contributed by atoms with Gasteiger partial charge >= 0.3 is 0 Å². The number of carbonyl (C=O) groups excluding carboxylic acids is 1. The van der Waals surface area contributed by atoms with Crippen molar-refractivity contribution in [1.29, 1.82) is 0 Å². The van der Waals surface area contributed by atoms with Gasteiger partial charge in [-0.2, -0.15) is 0 Å². The van der Waals surface area contributed by atoms with Crippen molar-refractivity contribution in [2.24, 2.45) is 0 Å². The van der Waals surface area contributed by atoms with E-state index in [1.54, 1.807) is 4.90 Å². The second kappa shape index (κ2) is 6.80. The maximum atomic E-state index is 11.7. The van der Waals surface area contributed by atoms with Gasteiger partial charge in [0.1, 0.15) is 0 Å². The van der Waals surface area contributed by atoms with Crippen LogP contribution in [0.1, 0.15) is 34.1 Å². The number of nitrogens with one attached hydrogen (secondary N) is 1. The van der Waals surface area contributed by atoms with Crippen molar-refractivity contribution in [2.75, 3.05) is 26.2 Å². The third kappa shape index (κ3) is 7.33. The summed E-state index contributed by atoms with van der Waals surface area (Å²) in [6.07, 6.45) is 0.648. The molecule has 0 radical (unpaired) electrons. The molecule has 4 heteroatoms. The minimum absolute atomic E-state index is 0.0357. The molecule has 15 heavy (non-hydrogen) atoms. The molecule has 0 aromatic heterocycles. The van der Waals surface area contributed by atoms with Gasteiger partial charge in [0.15, 0.2) is 0 Å². The standard InChI is InChI=1S/C11H24N2O2/c1-5-13(7-6-8-14)10(15)9-12-11(2,3)4/h12,14H,5-9H2,1-4H3. The van der Waals surface area contributed by atoms with Crippen molar-refractivity contribution >= 4 is 5.91 Å². The first-order valence-electron chi connectivity index (χ1n) is 5.54. The van der Waals surface area contributed by atoms with Crippen LogP contribution in [-0.2, 0) is 4.79 Å². The highest BCUT2D eigenvalue weighted by Gasteiger charge is 2.15. The molecule has 0 heterocycles. The molecule has 4 nitrogen and oxygen atoms in total. The second-order valence-electron chi connectivity index (χ2n) is 4.65. The van der Waals surface area contributed by atoms with Crippen molar-refractivity contribution in [1.82, 2.24) is 10.2 Å².